The average molecular weight is 320 g/mol. The predicted octanol–water partition coefficient (Wildman–Crippen LogP) is 3.33. The normalized spacial score (nSPS) is 10.5. The maximum absolute atomic E-state index is 5.73. The Balaban J connectivity index is 2.24. The first-order valence-corrected chi connectivity index (χ1v) is 7.16. The van der Waals surface area contributed by atoms with Gasteiger partial charge in [-0.05, 0) is 42.8 Å². The van der Waals surface area contributed by atoms with Crippen molar-refractivity contribution in [2.45, 2.75) is 20.0 Å². The number of hydrogen-bond acceptors (Lipinski definition) is 3. The Morgan fingerprint density at radius 1 is 1.26 bits per heavy atom. The molecular weight excluding hydrogens is 302 g/mol. The minimum absolute atomic E-state index is 0.549. The van der Waals surface area contributed by atoms with Crippen LogP contribution in [0.3, 0.4) is 0 Å². The molecule has 0 aliphatic heterocycles. The Morgan fingerprint density at radius 2 is 2.11 bits per heavy atom. The summed E-state index contributed by atoms with van der Waals surface area (Å²) in [5, 5.41) is 0. The van der Waals surface area contributed by atoms with Crippen molar-refractivity contribution >= 4 is 21.6 Å². The highest BCUT2D eigenvalue weighted by Gasteiger charge is 2.08. The van der Waals surface area contributed by atoms with Crippen LogP contribution in [0.15, 0.2) is 47.1 Å². The van der Waals surface area contributed by atoms with Gasteiger partial charge >= 0.3 is 0 Å². The van der Waals surface area contributed by atoms with Gasteiger partial charge in [-0.1, -0.05) is 22.0 Å². The van der Waals surface area contributed by atoms with Crippen LogP contribution in [0.5, 0.6) is 0 Å². The number of rotatable bonds is 5. The number of hydrogen-bond donors (Lipinski definition) is 1. The topological polar surface area (TPSA) is 42.2 Å². The molecule has 19 heavy (non-hydrogen) atoms. The third-order valence-electron chi connectivity index (χ3n) is 3.00. The second-order valence-corrected chi connectivity index (χ2v) is 5.27. The van der Waals surface area contributed by atoms with Gasteiger partial charge in [0.15, 0.2) is 0 Å². The fourth-order valence-electron chi connectivity index (χ4n) is 2.01. The van der Waals surface area contributed by atoms with E-state index < -0.39 is 0 Å². The zero-order valence-corrected chi connectivity index (χ0v) is 12.6. The van der Waals surface area contributed by atoms with Crippen LogP contribution in [0.4, 0.5) is 5.69 Å². The van der Waals surface area contributed by atoms with Gasteiger partial charge in [0.05, 0.1) is 12.2 Å². The lowest BCUT2D eigenvalue weighted by molar-refractivity contribution is 0.808. The van der Waals surface area contributed by atoms with Crippen molar-refractivity contribution in [2.24, 2.45) is 5.73 Å². The molecule has 4 heteroatoms. The van der Waals surface area contributed by atoms with Crippen molar-refractivity contribution in [3.63, 3.8) is 0 Å². The van der Waals surface area contributed by atoms with Gasteiger partial charge in [-0.2, -0.15) is 0 Å². The Kier molecular flexibility index (Phi) is 4.93. The van der Waals surface area contributed by atoms with E-state index in [0.717, 1.165) is 28.8 Å². The first-order chi connectivity index (χ1) is 9.22. The van der Waals surface area contributed by atoms with Crippen LogP contribution < -0.4 is 10.6 Å². The SMILES string of the molecule is CCN(Cc1ccccn1)c1cc(Br)cc(CN)c1. The molecule has 0 aliphatic carbocycles. The Hall–Kier alpha value is -1.39. The molecule has 2 rings (SSSR count). The van der Waals surface area contributed by atoms with E-state index in [1.54, 1.807) is 0 Å². The number of nitrogens with zero attached hydrogens (tertiary/aromatic N) is 2. The van der Waals surface area contributed by atoms with Crippen molar-refractivity contribution in [1.82, 2.24) is 4.98 Å². The quantitative estimate of drug-likeness (QED) is 0.919. The molecule has 0 spiro atoms. The summed E-state index contributed by atoms with van der Waals surface area (Å²) in [6, 6.07) is 12.3. The van der Waals surface area contributed by atoms with Crippen LogP contribution in [-0.4, -0.2) is 11.5 Å². The summed E-state index contributed by atoms with van der Waals surface area (Å²) in [6.07, 6.45) is 1.83. The molecule has 1 aromatic heterocycles. The van der Waals surface area contributed by atoms with E-state index in [2.05, 4.69) is 50.9 Å². The van der Waals surface area contributed by atoms with Gasteiger partial charge in [-0.15, -0.1) is 0 Å². The van der Waals surface area contributed by atoms with E-state index in [0.29, 0.717) is 6.54 Å². The molecule has 100 valence electrons. The van der Waals surface area contributed by atoms with E-state index in [4.69, 9.17) is 5.73 Å². The van der Waals surface area contributed by atoms with Crippen LogP contribution in [0.25, 0.3) is 0 Å². The second kappa shape index (κ2) is 6.68. The molecule has 0 atom stereocenters. The molecule has 2 N–H and O–H groups in total. The summed E-state index contributed by atoms with van der Waals surface area (Å²) in [4.78, 5) is 6.66. The minimum Gasteiger partial charge on any atom is -0.366 e. The predicted molar refractivity (Wildman–Crippen MR) is 83.0 cm³/mol. The zero-order chi connectivity index (χ0) is 13.7. The highest BCUT2D eigenvalue weighted by molar-refractivity contribution is 9.10. The molecule has 0 saturated heterocycles. The number of benzene rings is 1. The molecule has 0 unspecified atom stereocenters. The number of pyridine rings is 1. The molecule has 0 bridgehead atoms. The molecule has 1 aromatic carbocycles. The van der Waals surface area contributed by atoms with E-state index in [1.165, 1.54) is 5.69 Å². The van der Waals surface area contributed by atoms with E-state index in [1.807, 2.05) is 24.4 Å². The first-order valence-electron chi connectivity index (χ1n) is 6.37. The van der Waals surface area contributed by atoms with Crippen LogP contribution in [0, 0.1) is 0 Å². The lowest BCUT2D eigenvalue weighted by Gasteiger charge is -2.23. The van der Waals surface area contributed by atoms with Crippen LogP contribution in [0.1, 0.15) is 18.2 Å². The zero-order valence-electron chi connectivity index (χ0n) is 11.0. The highest BCUT2D eigenvalue weighted by Crippen LogP contribution is 2.24. The summed E-state index contributed by atoms with van der Waals surface area (Å²) in [7, 11) is 0. The molecule has 1 heterocycles. The summed E-state index contributed by atoms with van der Waals surface area (Å²) >= 11 is 3.54. The largest absolute Gasteiger partial charge is 0.366 e. The van der Waals surface area contributed by atoms with Crippen molar-refractivity contribution in [3.8, 4) is 0 Å². The van der Waals surface area contributed by atoms with Crippen LogP contribution >= 0.6 is 15.9 Å². The fraction of sp³-hybridized carbons (Fsp3) is 0.267. The molecule has 0 amide bonds. The van der Waals surface area contributed by atoms with Gasteiger partial charge in [0, 0.05) is 29.4 Å². The monoisotopic (exact) mass is 319 g/mol. The van der Waals surface area contributed by atoms with Gasteiger partial charge in [-0.25, -0.2) is 0 Å². The summed E-state index contributed by atoms with van der Waals surface area (Å²) < 4.78 is 1.06. The number of anilines is 1. The maximum Gasteiger partial charge on any atom is 0.0601 e. The van der Waals surface area contributed by atoms with Crippen molar-refractivity contribution < 1.29 is 0 Å². The molecule has 2 aromatic rings. The Morgan fingerprint density at radius 3 is 2.74 bits per heavy atom. The summed E-state index contributed by atoms with van der Waals surface area (Å²) in [6.45, 7) is 4.42. The maximum atomic E-state index is 5.73. The Bertz CT molecular complexity index is 528. The van der Waals surface area contributed by atoms with Gasteiger partial charge in [0.2, 0.25) is 0 Å². The fourth-order valence-corrected chi connectivity index (χ4v) is 2.54. The van der Waals surface area contributed by atoms with Gasteiger partial charge < -0.3 is 10.6 Å². The van der Waals surface area contributed by atoms with Crippen molar-refractivity contribution in [2.75, 3.05) is 11.4 Å². The van der Waals surface area contributed by atoms with Gasteiger partial charge in [0.25, 0.3) is 0 Å². The van der Waals surface area contributed by atoms with Crippen LogP contribution in [0.2, 0.25) is 0 Å². The molecule has 3 nitrogen and oxygen atoms in total. The van der Waals surface area contributed by atoms with Gasteiger partial charge in [0.1, 0.15) is 0 Å². The smallest absolute Gasteiger partial charge is 0.0601 e. The third-order valence-corrected chi connectivity index (χ3v) is 3.46. The van der Waals surface area contributed by atoms with E-state index >= 15 is 0 Å². The lowest BCUT2D eigenvalue weighted by atomic mass is 10.2. The van der Waals surface area contributed by atoms with E-state index in [9.17, 15) is 0 Å². The average Bonchev–Trinajstić information content (AvgIpc) is 2.45. The number of nitrogens with two attached hydrogens (primary N) is 1. The third kappa shape index (κ3) is 3.78. The molecule has 0 radical (unpaired) electrons. The van der Waals surface area contributed by atoms with Crippen LogP contribution in [-0.2, 0) is 13.1 Å². The Labute approximate surface area is 122 Å². The molecular formula is C15H18BrN3. The van der Waals surface area contributed by atoms with Gasteiger partial charge in [-0.3, -0.25) is 4.98 Å². The number of halogens is 1. The number of aromatic nitrogens is 1. The summed E-state index contributed by atoms with van der Waals surface area (Å²) in [5.74, 6) is 0. The lowest BCUT2D eigenvalue weighted by Crippen LogP contribution is -2.22. The molecule has 0 saturated carbocycles. The van der Waals surface area contributed by atoms with Crippen molar-refractivity contribution in [1.29, 1.82) is 0 Å². The molecule has 0 fully saturated rings. The van der Waals surface area contributed by atoms with Crippen molar-refractivity contribution in [3.05, 3.63) is 58.3 Å². The minimum atomic E-state index is 0.549. The van der Waals surface area contributed by atoms with E-state index in [-0.39, 0.29) is 0 Å². The molecule has 0 aliphatic rings. The summed E-state index contributed by atoms with van der Waals surface area (Å²) in [5.41, 5.74) is 9.10. The highest BCUT2D eigenvalue weighted by atomic mass is 79.9. The standard InChI is InChI=1S/C15H18BrN3/c1-2-19(11-14-5-3-4-6-18-14)15-8-12(10-17)7-13(16)9-15/h3-9H,2,10-11,17H2,1H3. The first kappa shape index (κ1) is 14.0. The second-order valence-electron chi connectivity index (χ2n) is 4.36.